The van der Waals surface area contributed by atoms with Gasteiger partial charge in [0.1, 0.15) is 5.60 Å². The minimum absolute atomic E-state index is 0.389. The predicted octanol–water partition coefficient (Wildman–Crippen LogP) is 2.26. The number of aromatic nitrogens is 3. The summed E-state index contributed by atoms with van der Waals surface area (Å²) in [5.41, 5.74) is 3.96. The van der Waals surface area contributed by atoms with Crippen molar-refractivity contribution in [2.24, 2.45) is 7.05 Å². The highest BCUT2D eigenvalue weighted by atomic mass is 16.3. The lowest BCUT2D eigenvalue weighted by Crippen LogP contribution is -2.43. The van der Waals surface area contributed by atoms with Crippen molar-refractivity contribution in [3.05, 3.63) is 53.5 Å². The number of hydrogen-bond acceptors (Lipinski definition) is 3. The molecule has 0 radical (unpaired) electrons. The summed E-state index contributed by atoms with van der Waals surface area (Å²) in [7, 11) is 1.87. The summed E-state index contributed by atoms with van der Waals surface area (Å²) >= 11 is 0. The molecule has 3 N–H and O–H groups in total. The van der Waals surface area contributed by atoms with Gasteiger partial charge in [0.05, 0.1) is 6.20 Å². The van der Waals surface area contributed by atoms with Crippen LogP contribution in [0.25, 0.3) is 10.9 Å². The first-order valence-corrected chi connectivity index (χ1v) is 8.56. The van der Waals surface area contributed by atoms with Crippen LogP contribution in [0.5, 0.6) is 0 Å². The summed E-state index contributed by atoms with van der Waals surface area (Å²) in [6.45, 7) is 2.37. The summed E-state index contributed by atoms with van der Waals surface area (Å²) in [6.07, 6.45) is 6.75. The second-order valence-corrected chi connectivity index (χ2v) is 7.12. The van der Waals surface area contributed by atoms with Crippen LogP contribution in [0.1, 0.15) is 30.2 Å². The fourth-order valence-corrected chi connectivity index (χ4v) is 3.69. The molecule has 1 aromatic carbocycles. The summed E-state index contributed by atoms with van der Waals surface area (Å²) in [5.74, 6) is 0. The first-order chi connectivity index (χ1) is 11.5. The molecule has 0 saturated heterocycles. The molecule has 0 fully saturated rings. The predicted molar refractivity (Wildman–Crippen MR) is 94.9 cm³/mol. The second-order valence-electron chi connectivity index (χ2n) is 7.12. The smallest absolute Gasteiger partial charge is 0.102 e. The van der Waals surface area contributed by atoms with E-state index in [2.05, 4.69) is 39.7 Å². The van der Waals surface area contributed by atoms with Gasteiger partial charge >= 0.3 is 0 Å². The molecule has 0 bridgehead atoms. The van der Waals surface area contributed by atoms with Gasteiger partial charge in [0.25, 0.3) is 0 Å². The number of H-pyrrole nitrogens is 1. The SMILES string of the molecule is Cn1cc(C(C)(O)CNC2CCc3[nH]c4ccccc4c3C2)cn1. The molecule has 4 rings (SSSR count). The lowest BCUT2D eigenvalue weighted by Gasteiger charge is -2.29. The third-order valence-electron chi connectivity index (χ3n) is 5.16. The van der Waals surface area contributed by atoms with E-state index in [0.29, 0.717) is 12.6 Å². The molecule has 5 heteroatoms. The van der Waals surface area contributed by atoms with Crippen LogP contribution < -0.4 is 5.32 Å². The zero-order valence-electron chi connectivity index (χ0n) is 14.2. The van der Waals surface area contributed by atoms with E-state index in [0.717, 1.165) is 24.8 Å². The maximum atomic E-state index is 10.7. The van der Waals surface area contributed by atoms with Crippen LogP contribution in [0.2, 0.25) is 0 Å². The van der Waals surface area contributed by atoms with Crippen molar-refractivity contribution in [2.75, 3.05) is 6.54 Å². The van der Waals surface area contributed by atoms with E-state index in [9.17, 15) is 5.11 Å². The largest absolute Gasteiger partial charge is 0.384 e. The van der Waals surface area contributed by atoms with E-state index in [1.807, 2.05) is 20.2 Å². The van der Waals surface area contributed by atoms with E-state index < -0.39 is 5.60 Å². The molecule has 1 aliphatic carbocycles. The molecule has 2 atom stereocenters. The van der Waals surface area contributed by atoms with Crippen LogP contribution in [0.3, 0.4) is 0 Å². The van der Waals surface area contributed by atoms with Gasteiger partial charge in [0, 0.05) is 48.0 Å². The Morgan fingerprint density at radius 2 is 2.25 bits per heavy atom. The van der Waals surface area contributed by atoms with Crippen molar-refractivity contribution in [1.82, 2.24) is 20.1 Å². The minimum atomic E-state index is -0.908. The molecule has 3 aromatic rings. The number of fused-ring (bicyclic) bond motifs is 3. The van der Waals surface area contributed by atoms with Crippen molar-refractivity contribution in [2.45, 2.75) is 37.8 Å². The lowest BCUT2D eigenvalue weighted by atomic mass is 9.90. The number of aromatic amines is 1. The fourth-order valence-electron chi connectivity index (χ4n) is 3.69. The quantitative estimate of drug-likeness (QED) is 0.690. The van der Waals surface area contributed by atoms with E-state index >= 15 is 0 Å². The van der Waals surface area contributed by atoms with Crippen molar-refractivity contribution >= 4 is 10.9 Å². The Morgan fingerprint density at radius 1 is 1.42 bits per heavy atom. The standard InChI is InChI=1S/C19H24N4O/c1-19(24,13-10-21-23(2)11-13)12-20-14-7-8-18-16(9-14)15-5-3-4-6-17(15)22-18/h3-6,10-11,14,20,22,24H,7-9,12H2,1-2H3. The zero-order valence-corrected chi connectivity index (χ0v) is 14.2. The summed E-state index contributed by atoms with van der Waals surface area (Å²) in [5, 5.41) is 19.8. The van der Waals surface area contributed by atoms with E-state index in [1.54, 1.807) is 10.9 Å². The molecule has 126 valence electrons. The molecule has 0 aliphatic heterocycles. The van der Waals surface area contributed by atoms with Gasteiger partial charge in [-0.3, -0.25) is 4.68 Å². The summed E-state index contributed by atoms with van der Waals surface area (Å²) in [6, 6.07) is 8.90. The van der Waals surface area contributed by atoms with Crippen molar-refractivity contribution in [3.8, 4) is 0 Å². The molecular formula is C19H24N4O. The fraction of sp³-hybridized carbons (Fsp3) is 0.421. The van der Waals surface area contributed by atoms with Gasteiger partial charge in [-0.2, -0.15) is 5.10 Å². The van der Waals surface area contributed by atoms with Crippen LogP contribution in [0.15, 0.2) is 36.7 Å². The van der Waals surface area contributed by atoms with Crippen LogP contribution in [-0.2, 0) is 25.5 Å². The highest BCUT2D eigenvalue weighted by Gasteiger charge is 2.28. The molecule has 0 spiro atoms. The van der Waals surface area contributed by atoms with Crippen molar-refractivity contribution in [3.63, 3.8) is 0 Å². The van der Waals surface area contributed by atoms with E-state index in [4.69, 9.17) is 0 Å². The average molecular weight is 324 g/mol. The molecule has 2 unspecified atom stereocenters. The monoisotopic (exact) mass is 324 g/mol. The number of nitrogens with one attached hydrogen (secondary N) is 2. The van der Waals surface area contributed by atoms with Crippen molar-refractivity contribution in [1.29, 1.82) is 0 Å². The number of para-hydroxylation sites is 1. The number of nitrogens with zero attached hydrogens (tertiary/aromatic N) is 2. The lowest BCUT2D eigenvalue weighted by molar-refractivity contribution is 0.0532. The van der Waals surface area contributed by atoms with Gasteiger partial charge in [-0.1, -0.05) is 18.2 Å². The normalized spacial score (nSPS) is 20.0. The number of hydrogen-bond donors (Lipinski definition) is 3. The Balaban J connectivity index is 1.47. The first-order valence-electron chi connectivity index (χ1n) is 8.56. The number of rotatable bonds is 4. The Morgan fingerprint density at radius 3 is 3.04 bits per heavy atom. The second kappa shape index (κ2) is 5.76. The van der Waals surface area contributed by atoms with E-state index in [-0.39, 0.29) is 0 Å². The molecule has 24 heavy (non-hydrogen) atoms. The van der Waals surface area contributed by atoms with Gasteiger partial charge in [-0.15, -0.1) is 0 Å². The van der Waals surface area contributed by atoms with Crippen molar-refractivity contribution < 1.29 is 5.11 Å². The van der Waals surface area contributed by atoms with Gasteiger partial charge in [-0.25, -0.2) is 0 Å². The molecule has 5 nitrogen and oxygen atoms in total. The molecule has 2 heterocycles. The third kappa shape index (κ3) is 2.74. The Bertz CT molecular complexity index is 861. The van der Waals surface area contributed by atoms with E-state index in [1.165, 1.54) is 22.2 Å². The Labute approximate surface area is 141 Å². The first kappa shape index (κ1) is 15.4. The van der Waals surface area contributed by atoms with Gasteiger partial charge in [0.2, 0.25) is 0 Å². The highest BCUT2D eigenvalue weighted by Crippen LogP contribution is 2.29. The maximum Gasteiger partial charge on any atom is 0.102 e. The number of benzene rings is 1. The van der Waals surface area contributed by atoms with Crippen LogP contribution in [0, 0.1) is 0 Å². The van der Waals surface area contributed by atoms with Crippen LogP contribution in [-0.4, -0.2) is 32.5 Å². The molecular weight excluding hydrogens is 300 g/mol. The maximum absolute atomic E-state index is 10.7. The topological polar surface area (TPSA) is 65.9 Å². The van der Waals surface area contributed by atoms with Gasteiger partial charge < -0.3 is 15.4 Å². The average Bonchev–Trinajstić information content (AvgIpc) is 3.17. The Kier molecular flexibility index (Phi) is 3.70. The van der Waals surface area contributed by atoms with Crippen LogP contribution >= 0.6 is 0 Å². The number of aliphatic hydroxyl groups is 1. The summed E-state index contributed by atoms with van der Waals surface area (Å²) in [4.78, 5) is 3.55. The third-order valence-corrected chi connectivity index (χ3v) is 5.16. The van der Waals surface area contributed by atoms with Gasteiger partial charge in [0.15, 0.2) is 0 Å². The summed E-state index contributed by atoms with van der Waals surface area (Å²) < 4.78 is 1.72. The zero-order chi connectivity index (χ0) is 16.7. The molecule has 0 amide bonds. The van der Waals surface area contributed by atoms with Crippen LogP contribution in [0.4, 0.5) is 0 Å². The Hall–Kier alpha value is -2.11. The molecule has 2 aromatic heterocycles. The number of aryl methyl sites for hydroxylation is 2. The molecule has 0 saturated carbocycles. The van der Waals surface area contributed by atoms with Gasteiger partial charge in [-0.05, 0) is 37.8 Å². The highest BCUT2D eigenvalue weighted by molar-refractivity contribution is 5.84. The minimum Gasteiger partial charge on any atom is -0.384 e. The molecule has 1 aliphatic rings.